The van der Waals surface area contributed by atoms with Gasteiger partial charge in [-0.2, -0.15) is 0 Å². The van der Waals surface area contributed by atoms with Gasteiger partial charge in [0.25, 0.3) is 0 Å². The van der Waals surface area contributed by atoms with Gasteiger partial charge in [-0.3, -0.25) is 0 Å². The van der Waals surface area contributed by atoms with Crippen LogP contribution in [0.25, 0.3) is 42.4 Å². The fourth-order valence-corrected chi connectivity index (χ4v) is 14.2. The molecular formula is C52H47NS. The quantitative estimate of drug-likeness (QED) is 0.175. The number of fused-ring (bicyclic) bond motifs is 16. The van der Waals surface area contributed by atoms with Gasteiger partial charge in [-0.25, -0.2) is 0 Å². The summed E-state index contributed by atoms with van der Waals surface area (Å²) in [6.45, 7) is 2.48. The molecule has 3 saturated carbocycles. The summed E-state index contributed by atoms with van der Waals surface area (Å²) in [5.74, 6) is 2.27. The monoisotopic (exact) mass is 717 g/mol. The van der Waals surface area contributed by atoms with Gasteiger partial charge in [-0.05, 0) is 137 Å². The standard InChI is InChI=1S/C52H47NS/c1-2-34-28-33-12-11-13-35(29-33)52(34)46-18-7-4-15-40(46)42-24-21-37(31-48(42)52)53(38-22-25-44-43-16-5-8-19-49(43)54-50(44)32-38)36-20-23-41-39-14-3-6-17-45(39)51(47(41)30-36)26-9-10-27-51/h3-8,14-25,30-35H,2,9-13,26-29H2,1H3. The fraction of sp³-hybridized carbons (Fsp3) is 0.308. The van der Waals surface area contributed by atoms with E-state index in [1.165, 1.54) is 124 Å². The third-order valence-corrected chi connectivity index (χ3v) is 16.3. The van der Waals surface area contributed by atoms with E-state index in [4.69, 9.17) is 0 Å². The average Bonchev–Trinajstić information content (AvgIpc) is 3.99. The first-order valence-corrected chi connectivity index (χ1v) is 21.7. The molecule has 266 valence electrons. The molecule has 0 saturated heterocycles. The topological polar surface area (TPSA) is 3.24 Å². The van der Waals surface area contributed by atoms with E-state index in [-0.39, 0.29) is 10.8 Å². The van der Waals surface area contributed by atoms with Gasteiger partial charge in [0.2, 0.25) is 0 Å². The molecule has 1 nitrogen and oxygen atoms in total. The summed E-state index contributed by atoms with van der Waals surface area (Å²) in [5.41, 5.74) is 16.2. The molecule has 12 rings (SSSR count). The second-order valence-electron chi connectivity index (χ2n) is 17.4. The van der Waals surface area contributed by atoms with Crippen LogP contribution in [0.3, 0.4) is 0 Å². The maximum atomic E-state index is 2.68. The molecule has 1 heterocycles. The number of thiophene rings is 1. The summed E-state index contributed by atoms with van der Waals surface area (Å²) < 4.78 is 2.72. The molecule has 3 fully saturated rings. The predicted octanol–water partition coefficient (Wildman–Crippen LogP) is 14.9. The van der Waals surface area contributed by atoms with Crippen LogP contribution in [-0.2, 0) is 10.8 Å². The zero-order valence-corrected chi connectivity index (χ0v) is 32.1. The van der Waals surface area contributed by atoms with Crippen molar-refractivity contribution in [3.8, 4) is 22.3 Å². The van der Waals surface area contributed by atoms with Gasteiger partial charge in [0.1, 0.15) is 0 Å². The van der Waals surface area contributed by atoms with Gasteiger partial charge < -0.3 is 4.90 Å². The number of anilines is 3. The molecule has 5 aliphatic carbocycles. The molecule has 0 radical (unpaired) electrons. The van der Waals surface area contributed by atoms with Gasteiger partial charge in [-0.1, -0.05) is 124 Å². The highest BCUT2D eigenvalue weighted by molar-refractivity contribution is 7.25. The van der Waals surface area contributed by atoms with Gasteiger partial charge in [0.05, 0.1) is 0 Å². The lowest BCUT2D eigenvalue weighted by Crippen LogP contribution is -2.48. The van der Waals surface area contributed by atoms with E-state index < -0.39 is 0 Å². The molecule has 4 unspecified atom stereocenters. The predicted molar refractivity (Wildman–Crippen MR) is 229 cm³/mol. The van der Waals surface area contributed by atoms with Crippen LogP contribution in [0.1, 0.15) is 93.4 Å². The molecule has 1 aromatic heterocycles. The van der Waals surface area contributed by atoms with Crippen LogP contribution in [0, 0.1) is 17.8 Å². The Hall–Kier alpha value is -4.66. The number of benzene rings is 6. The largest absolute Gasteiger partial charge is 0.310 e. The van der Waals surface area contributed by atoms with E-state index >= 15 is 0 Å². The number of hydrogen-bond acceptors (Lipinski definition) is 2. The highest BCUT2D eigenvalue weighted by Gasteiger charge is 2.56. The third-order valence-electron chi connectivity index (χ3n) is 15.1. The molecule has 0 aliphatic heterocycles. The van der Waals surface area contributed by atoms with Crippen molar-refractivity contribution >= 4 is 48.6 Å². The normalized spacial score (nSPS) is 24.2. The van der Waals surface area contributed by atoms with Crippen LogP contribution in [0.5, 0.6) is 0 Å². The number of rotatable bonds is 4. The summed E-state index contributed by atoms with van der Waals surface area (Å²) in [4.78, 5) is 2.63. The molecule has 0 amide bonds. The smallest absolute Gasteiger partial charge is 0.0476 e. The highest BCUT2D eigenvalue weighted by atomic mass is 32.1. The lowest BCUT2D eigenvalue weighted by molar-refractivity contribution is 0.0557. The van der Waals surface area contributed by atoms with E-state index in [1.807, 2.05) is 11.3 Å². The molecule has 2 bridgehead atoms. The van der Waals surface area contributed by atoms with Crippen molar-refractivity contribution in [2.75, 3.05) is 4.90 Å². The lowest BCUT2D eigenvalue weighted by atomic mass is 9.50. The average molecular weight is 718 g/mol. The minimum absolute atomic E-state index is 0.0855. The number of nitrogens with zero attached hydrogens (tertiary/aromatic N) is 1. The molecule has 4 atom stereocenters. The first-order chi connectivity index (χ1) is 26.7. The highest BCUT2D eigenvalue weighted by Crippen LogP contribution is 2.65. The molecular weight excluding hydrogens is 671 g/mol. The van der Waals surface area contributed by atoms with Crippen molar-refractivity contribution in [2.24, 2.45) is 17.8 Å². The van der Waals surface area contributed by atoms with Crippen molar-refractivity contribution in [2.45, 2.75) is 82.0 Å². The van der Waals surface area contributed by atoms with E-state index in [0.29, 0.717) is 11.8 Å². The third kappa shape index (κ3) is 4.16. The Balaban J connectivity index is 1.09. The number of hydrogen-bond donors (Lipinski definition) is 0. The second kappa shape index (κ2) is 11.7. The van der Waals surface area contributed by atoms with Crippen molar-refractivity contribution in [1.82, 2.24) is 0 Å². The van der Waals surface area contributed by atoms with Crippen molar-refractivity contribution in [3.63, 3.8) is 0 Å². The van der Waals surface area contributed by atoms with Gasteiger partial charge in [-0.15, -0.1) is 11.3 Å². The fourth-order valence-electron chi connectivity index (χ4n) is 13.1. The van der Waals surface area contributed by atoms with E-state index in [0.717, 1.165) is 5.92 Å². The molecule has 2 heteroatoms. The molecule has 6 aromatic carbocycles. The summed E-state index contributed by atoms with van der Waals surface area (Å²) in [5, 5.41) is 2.72. The molecule has 7 aromatic rings. The molecule has 5 aliphatic rings. The van der Waals surface area contributed by atoms with E-state index in [1.54, 1.807) is 22.3 Å². The Labute approximate surface area is 323 Å². The Morgan fingerprint density at radius 1 is 0.556 bits per heavy atom. The minimum Gasteiger partial charge on any atom is -0.310 e. The Morgan fingerprint density at radius 2 is 1.19 bits per heavy atom. The van der Waals surface area contributed by atoms with E-state index in [2.05, 4.69) is 139 Å². The van der Waals surface area contributed by atoms with Crippen LogP contribution in [-0.4, -0.2) is 0 Å². The van der Waals surface area contributed by atoms with Gasteiger partial charge >= 0.3 is 0 Å². The van der Waals surface area contributed by atoms with Gasteiger partial charge in [0.15, 0.2) is 0 Å². The zero-order chi connectivity index (χ0) is 35.6. The van der Waals surface area contributed by atoms with Crippen molar-refractivity contribution < 1.29 is 0 Å². The Kier molecular flexibility index (Phi) is 6.84. The summed E-state index contributed by atoms with van der Waals surface area (Å²) in [7, 11) is 0. The minimum atomic E-state index is 0.0855. The van der Waals surface area contributed by atoms with Crippen LogP contribution < -0.4 is 4.90 Å². The Bertz CT molecular complexity index is 2630. The second-order valence-corrected chi connectivity index (χ2v) is 18.5. The van der Waals surface area contributed by atoms with Crippen molar-refractivity contribution in [3.05, 3.63) is 150 Å². The molecule has 54 heavy (non-hydrogen) atoms. The van der Waals surface area contributed by atoms with Crippen LogP contribution in [0.2, 0.25) is 0 Å². The first-order valence-electron chi connectivity index (χ1n) is 20.9. The summed E-state index contributed by atoms with van der Waals surface area (Å²) in [6.07, 6.45) is 13.2. The van der Waals surface area contributed by atoms with Crippen LogP contribution in [0.4, 0.5) is 17.1 Å². The first kappa shape index (κ1) is 31.7. The Morgan fingerprint density at radius 3 is 2.00 bits per heavy atom. The summed E-state index contributed by atoms with van der Waals surface area (Å²) >= 11 is 1.93. The maximum absolute atomic E-state index is 2.68. The SMILES string of the molecule is CCC1CC2CCCC(C2)C12c1ccccc1-c1ccc(N(c3ccc4c(c3)C3(CCCC3)c3ccccc3-4)c3ccc4c(c3)sc3ccccc34)cc12. The zero-order valence-electron chi connectivity index (χ0n) is 31.3. The molecule has 2 spiro atoms. The lowest BCUT2D eigenvalue weighted by Gasteiger charge is -2.54. The molecule has 0 N–H and O–H groups in total. The van der Waals surface area contributed by atoms with Crippen LogP contribution in [0.15, 0.2) is 127 Å². The maximum Gasteiger partial charge on any atom is 0.0476 e. The van der Waals surface area contributed by atoms with Crippen LogP contribution >= 0.6 is 11.3 Å². The van der Waals surface area contributed by atoms with Crippen molar-refractivity contribution in [1.29, 1.82) is 0 Å². The van der Waals surface area contributed by atoms with Gasteiger partial charge in [0, 0.05) is 48.1 Å². The van der Waals surface area contributed by atoms with E-state index in [9.17, 15) is 0 Å². The summed E-state index contributed by atoms with van der Waals surface area (Å²) in [6, 6.07) is 50.1.